The van der Waals surface area contributed by atoms with Crippen molar-refractivity contribution in [3.8, 4) is 0 Å². The molecular weight excluding hydrogens is 363 g/mol. The molecule has 2 fully saturated rings. The number of halogens is 3. The van der Waals surface area contributed by atoms with Crippen molar-refractivity contribution in [3.05, 3.63) is 29.8 Å². The third kappa shape index (κ3) is 5.57. The Morgan fingerprint density at radius 2 is 1.85 bits per heavy atom. The van der Waals surface area contributed by atoms with Crippen molar-refractivity contribution < 1.29 is 27.4 Å². The number of alkyl halides is 3. The number of ether oxygens (including phenoxy) is 2. The molecule has 150 valence electrons. The Labute approximate surface area is 156 Å². The molecule has 1 aromatic carbocycles. The molecule has 0 aromatic heterocycles. The highest BCUT2D eigenvalue weighted by Crippen LogP contribution is 2.29. The molecule has 2 atom stereocenters. The summed E-state index contributed by atoms with van der Waals surface area (Å²) >= 11 is 0. The lowest BCUT2D eigenvalue weighted by Gasteiger charge is -2.37. The molecule has 0 aliphatic carbocycles. The summed E-state index contributed by atoms with van der Waals surface area (Å²) in [6, 6.07) is 4.09. The number of carbonyl (C=O) groups excluding carboxylic acids is 1. The zero-order valence-corrected chi connectivity index (χ0v) is 14.9. The third-order valence-corrected chi connectivity index (χ3v) is 4.97. The Bertz CT molecular complexity index is 613. The summed E-state index contributed by atoms with van der Waals surface area (Å²) < 4.78 is 48.7. The van der Waals surface area contributed by atoms with Crippen molar-refractivity contribution in [3.63, 3.8) is 0 Å². The molecule has 2 aliphatic heterocycles. The van der Waals surface area contributed by atoms with Crippen LogP contribution in [-0.2, 0) is 15.7 Å². The van der Waals surface area contributed by atoms with Crippen LogP contribution >= 0.6 is 0 Å². The Kier molecular flexibility index (Phi) is 6.56. The van der Waals surface area contributed by atoms with Gasteiger partial charge in [-0.2, -0.15) is 13.2 Å². The van der Waals surface area contributed by atoms with Crippen molar-refractivity contribution in [1.82, 2.24) is 10.2 Å². The summed E-state index contributed by atoms with van der Waals surface area (Å²) in [6.07, 6.45) is -3.44. The van der Waals surface area contributed by atoms with Gasteiger partial charge < -0.3 is 20.1 Å². The number of morpholine rings is 1. The van der Waals surface area contributed by atoms with Crippen LogP contribution in [0.5, 0.6) is 0 Å². The molecule has 0 unspecified atom stereocenters. The molecule has 2 heterocycles. The summed E-state index contributed by atoms with van der Waals surface area (Å²) in [5.41, 5.74) is -0.435. The molecule has 1 aromatic rings. The Balaban J connectivity index is 1.54. The highest BCUT2D eigenvalue weighted by Gasteiger charge is 2.32. The smallest absolute Gasteiger partial charge is 0.381 e. The first kappa shape index (κ1) is 19.9. The molecule has 0 radical (unpaired) electrons. The number of hydrogen-bond donors (Lipinski definition) is 2. The van der Waals surface area contributed by atoms with Crippen LogP contribution < -0.4 is 10.6 Å². The van der Waals surface area contributed by atoms with Gasteiger partial charge in [0.1, 0.15) is 0 Å². The summed E-state index contributed by atoms with van der Waals surface area (Å²) in [7, 11) is 0. The molecular formula is C18H24F3N3O3. The summed E-state index contributed by atoms with van der Waals surface area (Å²) in [4.78, 5) is 14.5. The number of urea groups is 1. The molecule has 27 heavy (non-hydrogen) atoms. The van der Waals surface area contributed by atoms with Crippen LogP contribution in [0.1, 0.15) is 12.0 Å². The van der Waals surface area contributed by atoms with Crippen LogP contribution in [0.15, 0.2) is 24.3 Å². The highest BCUT2D eigenvalue weighted by atomic mass is 19.4. The van der Waals surface area contributed by atoms with Gasteiger partial charge in [0.2, 0.25) is 0 Å². The van der Waals surface area contributed by atoms with Gasteiger partial charge in [-0.1, -0.05) is 0 Å². The van der Waals surface area contributed by atoms with Crippen LogP contribution in [0.2, 0.25) is 0 Å². The Hall–Kier alpha value is -1.84. The fraction of sp³-hybridized carbons (Fsp3) is 0.611. The number of carbonyl (C=O) groups is 1. The van der Waals surface area contributed by atoms with Gasteiger partial charge in [-0.25, -0.2) is 4.79 Å². The first-order valence-electron chi connectivity index (χ1n) is 9.05. The minimum absolute atomic E-state index is 0.148. The fourth-order valence-electron chi connectivity index (χ4n) is 3.47. The van der Waals surface area contributed by atoms with Crippen LogP contribution in [0.3, 0.4) is 0 Å². The topological polar surface area (TPSA) is 62.8 Å². The molecule has 2 saturated heterocycles. The Morgan fingerprint density at radius 3 is 2.44 bits per heavy atom. The van der Waals surface area contributed by atoms with Crippen molar-refractivity contribution in [2.45, 2.75) is 18.6 Å². The lowest BCUT2D eigenvalue weighted by molar-refractivity contribution is -0.137. The van der Waals surface area contributed by atoms with E-state index in [9.17, 15) is 18.0 Å². The Morgan fingerprint density at radius 1 is 1.15 bits per heavy atom. The summed E-state index contributed by atoms with van der Waals surface area (Å²) in [6.45, 7) is 4.80. The predicted octanol–water partition coefficient (Wildman–Crippen LogP) is 2.56. The maximum atomic E-state index is 12.6. The second-order valence-electron chi connectivity index (χ2n) is 6.75. The number of nitrogens with zero attached hydrogens (tertiary/aromatic N) is 1. The molecule has 0 saturated carbocycles. The van der Waals surface area contributed by atoms with Gasteiger partial charge >= 0.3 is 12.2 Å². The summed E-state index contributed by atoms with van der Waals surface area (Å²) in [5.74, 6) is 0.342. The average molecular weight is 387 g/mol. The predicted molar refractivity (Wildman–Crippen MR) is 93.6 cm³/mol. The number of benzene rings is 1. The molecule has 0 bridgehead atoms. The number of anilines is 1. The zero-order valence-electron chi connectivity index (χ0n) is 14.9. The van der Waals surface area contributed by atoms with Crippen molar-refractivity contribution in [2.75, 3.05) is 51.4 Å². The number of nitrogens with one attached hydrogen (secondary N) is 2. The van der Waals surface area contributed by atoms with Crippen molar-refractivity contribution >= 4 is 11.7 Å². The molecule has 2 aliphatic rings. The van der Waals surface area contributed by atoms with E-state index in [0.29, 0.717) is 38.0 Å². The second kappa shape index (κ2) is 8.90. The zero-order chi connectivity index (χ0) is 19.3. The van der Waals surface area contributed by atoms with Crippen LogP contribution in [0, 0.1) is 5.92 Å². The number of hydrogen-bond acceptors (Lipinski definition) is 4. The van der Waals surface area contributed by atoms with E-state index < -0.39 is 17.8 Å². The normalized spacial score (nSPS) is 22.4. The maximum Gasteiger partial charge on any atom is 0.416 e. The largest absolute Gasteiger partial charge is 0.416 e. The molecule has 0 spiro atoms. The van der Waals surface area contributed by atoms with Gasteiger partial charge in [0.15, 0.2) is 0 Å². The van der Waals surface area contributed by atoms with Gasteiger partial charge in [0.05, 0.1) is 25.4 Å². The second-order valence-corrected chi connectivity index (χ2v) is 6.75. The minimum Gasteiger partial charge on any atom is -0.381 e. The molecule has 3 rings (SSSR count). The average Bonchev–Trinajstić information content (AvgIpc) is 3.17. The SMILES string of the molecule is O=C(NC[C@H]([C@H]1CCOC1)N1CCOCC1)Nc1ccc(C(F)(F)F)cc1. The standard InChI is InChI=1S/C18H24F3N3O3/c19-18(20,21)14-1-3-15(4-2-14)23-17(25)22-11-16(13-5-8-27-12-13)24-6-9-26-10-7-24/h1-4,13,16H,5-12H2,(H2,22,23,25)/t13-,16+/m0/s1. The van der Waals surface area contributed by atoms with E-state index in [1.165, 1.54) is 12.1 Å². The van der Waals surface area contributed by atoms with Gasteiger partial charge in [0, 0.05) is 43.9 Å². The molecule has 9 heteroatoms. The van der Waals surface area contributed by atoms with Crippen LogP contribution in [0.4, 0.5) is 23.7 Å². The lowest BCUT2D eigenvalue weighted by Crippen LogP contribution is -2.52. The van der Waals surface area contributed by atoms with Gasteiger partial charge in [-0.3, -0.25) is 4.90 Å². The molecule has 2 N–H and O–H groups in total. The monoisotopic (exact) mass is 387 g/mol. The van der Waals surface area contributed by atoms with Gasteiger partial charge in [0.25, 0.3) is 0 Å². The van der Waals surface area contributed by atoms with Crippen molar-refractivity contribution in [1.29, 1.82) is 0 Å². The quantitative estimate of drug-likeness (QED) is 0.815. The van der Waals surface area contributed by atoms with E-state index >= 15 is 0 Å². The molecule has 2 amide bonds. The first-order chi connectivity index (χ1) is 12.9. The summed E-state index contributed by atoms with van der Waals surface area (Å²) in [5, 5.41) is 5.42. The fourth-order valence-corrected chi connectivity index (χ4v) is 3.47. The van der Waals surface area contributed by atoms with E-state index in [2.05, 4.69) is 15.5 Å². The minimum atomic E-state index is -4.39. The van der Waals surface area contributed by atoms with Crippen molar-refractivity contribution in [2.24, 2.45) is 5.92 Å². The number of rotatable bonds is 5. The van der Waals surface area contributed by atoms with E-state index in [4.69, 9.17) is 9.47 Å². The third-order valence-electron chi connectivity index (χ3n) is 4.97. The van der Waals surface area contributed by atoms with Gasteiger partial charge in [-0.15, -0.1) is 0 Å². The molecule has 6 nitrogen and oxygen atoms in total. The van der Waals surface area contributed by atoms with E-state index in [-0.39, 0.29) is 6.04 Å². The van der Waals surface area contributed by atoms with E-state index in [1.807, 2.05) is 0 Å². The van der Waals surface area contributed by atoms with Crippen LogP contribution in [-0.4, -0.2) is 63.0 Å². The lowest BCUT2D eigenvalue weighted by atomic mass is 9.97. The van der Waals surface area contributed by atoms with E-state index in [1.54, 1.807) is 0 Å². The van der Waals surface area contributed by atoms with Gasteiger partial charge in [-0.05, 0) is 30.7 Å². The van der Waals surface area contributed by atoms with E-state index in [0.717, 1.165) is 38.2 Å². The maximum absolute atomic E-state index is 12.6. The number of amides is 2. The highest BCUT2D eigenvalue weighted by molar-refractivity contribution is 5.89. The van der Waals surface area contributed by atoms with Crippen LogP contribution in [0.25, 0.3) is 0 Å². The first-order valence-corrected chi connectivity index (χ1v) is 9.05.